The molecule has 0 atom stereocenters. The largest absolute Gasteiger partial charge is 0.481 e. The van der Waals surface area contributed by atoms with Crippen LogP contribution >= 0.6 is 0 Å². The SMILES string of the molecule is CC1(C)C(/C=C/C=C2\N(CCCCC(=O)O)c3ccc4ccccc4c3C2(C)C)=[N+](CCCCC(=O)O)c2ccc3ccccc3c21. The van der Waals surface area contributed by atoms with Crippen LogP contribution < -0.4 is 4.90 Å². The molecule has 0 spiro atoms. The number of hydrogen-bond donors (Lipinski definition) is 2. The molecule has 4 aromatic rings. The van der Waals surface area contributed by atoms with E-state index in [1.54, 1.807) is 0 Å². The van der Waals surface area contributed by atoms with Crippen molar-refractivity contribution in [1.29, 1.82) is 0 Å². The van der Waals surface area contributed by atoms with Crippen LogP contribution in [0.4, 0.5) is 11.4 Å². The van der Waals surface area contributed by atoms with Gasteiger partial charge in [0, 0.05) is 60.3 Å². The van der Waals surface area contributed by atoms with Gasteiger partial charge < -0.3 is 15.1 Å². The molecule has 6 nitrogen and oxygen atoms in total. The Morgan fingerprint density at radius 1 is 0.723 bits per heavy atom. The monoisotopic (exact) mass is 629 g/mol. The van der Waals surface area contributed by atoms with Gasteiger partial charge in [0.1, 0.15) is 6.54 Å². The minimum Gasteiger partial charge on any atom is -0.481 e. The van der Waals surface area contributed by atoms with Crippen molar-refractivity contribution in [1.82, 2.24) is 0 Å². The molecule has 0 radical (unpaired) electrons. The Hall–Kier alpha value is -4.71. The number of anilines is 1. The van der Waals surface area contributed by atoms with Gasteiger partial charge in [-0.05, 0) is 78.4 Å². The standard InChI is InChI=1S/C41H44N2O4/c1-40(2)34(42(26-11-9-20-36(44)45)32-24-22-28-14-5-7-16-30(28)38(32)40)18-13-19-35-41(3,4)39-31-17-8-6-15-29(31)23-25-33(39)43(35)27-12-10-21-37(46)47/h5-8,13-19,22-25H,9-12,20-21,26-27H2,1-4H3,(H-,44,45,46,47)/p+1. The molecule has 0 saturated carbocycles. The van der Waals surface area contributed by atoms with Crippen LogP contribution in [0, 0.1) is 0 Å². The molecule has 0 amide bonds. The third-order valence-electron chi connectivity index (χ3n) is 10.1. The highest BCUT2D eigenvalue weighted by atomic mass is 16.4. The van der Waals surface area contributed by atoms with Crippen LogP contribution in [0.3, 0.4) is 0 Å². The average Bonchev–Trinajstić information content (AvgIpc) is 3.39. The summed E-state index contributed by atoms with van der Waals surface area (Å²) in [5.41, 5.74) is 6.86. The van der Waals surface area contributed by atoms with E-state index in [0.717, 1.165) is 25.9 Å². The van der Waals surface area contributed by atoms with Crippen LogP contribution in [0.15, 0.2) is 96.7 Å². The van der Waals surface area contributed by atoms with Crippen molar-refractivity contribution in [2.45, 2.75) is 77.0 Å². The minimum atomic E-state index is -0.755. The van der Waals surface area contributed by atoms with Crippen LogP contribution in [-0.2, 0) is 20.4 Å². The first kappa shape index (κ1) is 32.2. The van der Waals surface area contributed by atoms with E-state index in [1.807, 2.05) is 0 Å². The van der Waals surface area contributed by atoms with Crippen molar-refractivity contribution in [2.75, 3.05) is 18.0 Å². The Kier molecular flexibility index (Phi) is 8.80. The number of carboxylic acids is 2. The summed E-state index contributed by atoms with van der Waals surface area (Å²) in [7, 11) is 0. The quantitative estimate of drug-likeness (QED) is 0.121. The molecule has 2 aliphatic rings. The number of benzene rings is 4. The lowest BCUT2D eigenvalue weighted by Crippen LogP contribution is -2.28. The number of fused-ring (bicyclic) bond motifs is 6. The maximum absolute atomic E-state index is 11.3. The van der Waals surface area contributed by atoms with Gasteiger partial charge in [-0.15, -0.1) is 0 Å². The van der Waals surface area contributed by atoms with Crippen molar-refractivity contribution >= 4 is 50.6 Å². The molecule has 242 valence electrons. The Bertz CT molecular complexity index is 1960. The van der Waals surface area contributed by atoms with Gasteiger partial charge in [0.05, 0.1) is 5.41 Å². The van der Waals surface area contributed by atoms with Gasteiger partial charge in [-0.1, -0.05) is 74.5 Å². The maximum atomic E-state index is 11.3. The summed E-state index contributed by atoms with van der Waals surface area (Å²) in [5.74, 6) is -1.51. The molecule has 47 heavy (non-hydrogen) atoms. The zero-order valence-electron chi connectivity index (χ0n) is 27.9. The van der Waals surface area contributed by atoms with E-state index in [0.29, 0.717) is 12.8 Å². The smallest absolute Gasteiger partial charge is 0.303 e. The molecule has 4 aromatic carbocycles. The van der Waals surface area contributed by atoms with Crippen LogP contribution in [0.25, 0.3) is 21.5 Å². The molecular formula is C41H45N2O4+. The fraction of sp³-hybridized carbons (Fsp3) is 0.341. The first-order valence-electron chi connectivity index (χ1n) is 16.8. The second-order valence-electron chi connectivity index (χ2n) is 13.9. The second-order valence-corrected chi connectivity index (χ2v) is 13.9. The molecule has 0 aliphatic carbocycles. The molecular weight excluding hydrogens is 584 g/mol. The van der Waals surface area contributed by atoms with Gasteiger partial charge >= 0.3 is 11.9 Å². The second kappa shape index (κ2) is 12.8. The first-order chi connectivity index (χ1) is 22.5. The predicted molar refractivity (Wildman–Crippen MR) is 191 cm³/mol. The van der Waals surface area contributed by atoms with Gasteiger partial charge in [-0.2, -0.15) is 4.58 Å². The summed E-state index contributed by atoms with van der Waals surface area (Å²) in [6.07, 6.45) is 9.86. The van der Waals surface area contributed by atoms with Gasteiger partial charge in [-0.3, -0.25) is 9.59 Å². The lowest BCUT2D eigenvalue weighted by atomic mass is 9.79. The molecule has 2 N–H and O–H groups in total. The highest BCUT2D eigenvalue weighted by molar-refractivity contribution is 6.07. The third-order valence-corrected chi connectivity index (χ3v) is 10.1. The first-order valence-corrected chi connectivity index (χ1v) is 16.8. The fourth-order valence-electron chi connectivity index (χ4n) is 7.88. The summed E-state index contributed by atoms with van der Waals surface area (Å²) in [6, 6.07) is 25.9. The third kappa shape index (κ3) is 5.97. The zero-order valence-corrected chi connectivity index (χ0v) is 27.9. The van der Waals surface area contributed by atoms with Gasteiger partial charge in [0.2, 0.25) is 5.69 Å². The normalized spacial score (nSPS) is 17.3. The molecule has 0 saturated heterocycles. The number of carbonyl (C=O) groups is 2. The highest BCUT2D eigenvalue weighted by Gasteiger charge is 2.45. The van der Waals surface area contributed by atoms with E-state index in [2.05, 4.69) is 128 Å². The molecule has 0 aromatic heterocycles. The lowest BCUT2D eigenvalue weighted by molar-refractivity contribution is -0.438. The molecule has 0 fully saturated rings. The number of allylic oxidation sites excluding steroid dienone is 4. The van der Waals surface area contributed by atoms with E-state index in [4.69, 9.17) is 0 Å². The van der Waals surface area contributed by atoms with Crippen molar-refractivity contribution in [3.05, 3.63) is 108 Å². The number of nitrogens with zero attached hydrogens (tertiary/aromatic N) is 2. The van der Waals surface area contributed by atoms with Crippen molar-refractivity contribution in [2.24, 2.45) is 0 Å². The molecule has 2 aliphatic heterocycles. The average molecular weight is 630 g/mol. The fourth-order valence-corrected chi connectivity index (χ4v) is 7.88. The summed E-state index contributed by atoms with van der Waals surface area (Å²) in [4.78, 5) is 24.9. The summed E-state index contributed by atoms with van der Waals surface area (Å²) >= 11 is 0. The summed E-state index contributed by atoms with van der Waals surface area (Å²) < 4.78 is 2.39. The van der Waals surface area contributed by atoms with Crippen molar-refractivity contribution in [3.8, 4) is 0 Å². The van der Waals surface area contributed by atoms with Crippen LogP contribution in [0.5, 0.6) is 0 Å². The topological polar surface area (TPSA) is 80.9 Å². The number of rotatable bonds is 12. The number of hydrogen-bond acceptors (Lipinski definition) is 3. The summed E-state index contributed by atoms with van der Waals surface area (Å²) in [5, 5.41) is 23.4. The predicted octanol–water partition coefficient (Wildman–Crippen LogP) is 9.12. The van der Waals surface area contributed by atoms with Crippen LogP contribution in [0.2, 0.25) is 0 Å². The molecule has 0 bridgehead atoms. The molecule has 2 heterocycles. The van der Waals surface area contributed by atoms with E-state index in [-0.39, 0.29) is 23.7 Å². The highest BCUT2D eigenvalue weighted by Crippen LogP contribution is 2.51. The molecule has 0 unspecified atom stereocenters. The van der Waals surface area contributed by atoms with Crippen LogP contribution in [0.1, 0.15) is 77.3 Å². The zero-order chi connectivity index (χ0) is 33.3. The maximum Gasteiger partial charge on any atom is 0.303 e. The van der Waals surface area contributed by atoms with Gasteiger partial charge in [0.25, 0.3) is 0 Å². The number of aliphatic carboxylic acids is 2. The minimum absolute atomic E-state index is 0.172. The van der Waals surface area contributed by atoms with E-state index in [9.17, 15) is 19.8 Å². The van der Waals surface area contributed by atoms with Gasteiger partial charge in [-0.25, -0.2) is 0 Å². The number of unbranched alkanes of at least 4 members (excludes halogenated alkanes) is 2. The Labute approximate surface area is 277 Å². The Morgan fingerprint density at radius 2 is 1.32 bits per heavy atom. The Balaban J connectivity index is 1.41. The van der Waals surface area contributed by atoms with Crippen molar-refractivity contribution < 1.29 is 24.4 Å². The van der Waals surface area contributed by atoms with E-state index >= 15 is 0 Å². The van der Waals surface area contributed by atoms with Gasteiger partial charge in [0.15, 0.2) is 5.71 Å². The molecule has 6 heteroatoms. The lowest BCUT2D eigenvalue weighted by Gasteiger charge is -2.27. The number of carboxylic acid groups (broad SMARTS) is 2. The summed E-state index contributed by atoms with van der Waals surface area (Å²) in [6.45, 7) is 10.7. The molecule has 6 rings (SSSR count). The van der Waals surface area contributed by atoms with Crippen LogP contribution in [-0.4, -0.2) is 45.5 Å². The van der Waals surface area contributed by atoms with E-state index in [1.165, 1.54) is 55.5 Å². The van der Waals surface area contributed by atoms with Crippen molar-refractivity contribution in [3.63, 3.8) is 0 Å². The van der Waals surface area contributed by atoms with E-state index < -0.39 is 11.9 Å². The Morgan fingerprint density at radius 3 is 1.98 bits per heavy atom.